The largest absolute Gasteiger partial charge is 0.480 e. The SMILES string of the molecule is CCCCCCCCCCCCCCCC(=O)N[C@@H](CCC(=O)CCCOCCOCC(=O)NCCOCCOCC(=O)NCCCC[C@H](CC(=O)[C@@H](N)Cc1cnc[nH]1)C(=O)C[C@@H](CO)C(C)=O)C(=O)O.[HH].[HH]. The lowest BCUT2D eigenvalue weighted by molar-refractivity contribution is -0.142. The number of carbonyl (C=O) groups excluding carboxylic acids is 7. The molecule has 0 unspecified atom stereocenters. The fraction of sp³-hybridized carbons (Fsp3) is 0.788. The number of imidazole rings is 1. The van der Waals surface area contributed by atoms with E-state index in [9.17, 15) is 48.6 Å². The molecule has 0 fully saturated rings. The van der Waals surface area contributed by atoms with Crippen LogP contribution in [0.1, 0.15) is 170 Å². The highest BCUT2D eigenvalue weighted by molar-refractivity contribution is 5.93. The first-order chi connectivity index (χ1) is 34.8. The molecule has 3 amide bonds. The molecule has 1 aromatic heterocycles. The average molecular weight is 1030 g/mol. The Balaban J connectivity index is 0. The molecule has 0 aliphatic heterocycles. The predicted octanol–water partition coefficient (Wildman–Crippen LogP) is 5.15. The summed E-state index contributed by atoms with van der Waals surface area (Å²) in [6, 6.07) is -1.93. The van der Waals surface area contributed by atoms with Gasteiger partial charge in [0, 0.05) is 84.8 Å². The van der Waals surface area contributed by atoms with Crippen LogP contribution < -0.4 is 21.7 Å². The van der Waals surface area contributed by atoms with Crippen LogP contribution in [0.4, 0.5) is 0 Å². The highest BCUT2D eigenvalue weighted by atomic mass is 16.5. The van der Waals surface area contributed by atoms with Gasteiger partial charge in [0.05, 0.1) is 52.0 Å². The lowest BCUT2D eigenvalue weighted by atomic mass is 9.85. The van der Waals surface area contributed by atoms with Gasteiger partial charge in [-0.2, -0.15) is 0 Å². The number of hydrogen-bond acceptors (Lipinski definition) is 15. The van der Waals surface area contributed by atoms with E-state index in [4.69, 9.17) is 24.7 Å². The lowest BCUT2D eigenvalue weighted by Gasteiger charge is -2.19. The fourth-order valence-electron chi connectivity index (χ4n) is 7.77. The maximum Gasteiger partial charge on any atom is 0.326 e. The van der Waals surface area contributed by atoms with Crippen LogP contribution in [0.15, 0.2) is 12.5 Å². The molecule has 0 aliphatic rings. The zero-order valence-corrected chi connectivity index (χ0v) is 43.5. The molecule has 20 nitrogen and oxygen atoms in total. The van der Waals surface area contributed by atoms with Crippen LogP contribution in [0.2, 0.25) is 0 Å². The molecule has 0 radical (unpaired) electrons. The number of amides is 3. The molecule has 0 bridgehead atoms. The number of nitrogens with one attached hydrogen (secondary N) is 4. The van der Waals surface area contributed by atoms with Crippen molar-refractivity contribution in [2.45, 2.75) is 180 Å². The molecule has 72 heavy (non-hydrogen) atoms. The molecule has 0 aromatic carbocycles. The minimum Gasteiger partial charge on any atom is -0.480 e. The summed E-state index contributed by atoms with van der Waals surface area (Å²) in [6.45, 7) is 4.54. The van der Waals surface area contributed by atoms with Gasteiger partial charge in [0.2, 0.25) is 17.7 Å². The van der Waals surface area contributed by atoms with E-state index in [2.05, 4.69) is 32.8 Å². The number of carbonyl (C=O) groups is 8. The predicted molar refractivity (Wildman–Crippen MR) is 275 cm³/mol. The second-order valence-corrected chi connectivity index (χ2v) is 18.6. The third-order valence-electron chi connectivity index (χ3n) is 12.2. The van der Waals surface area contributed by atoms with Gasteiger partial charge in [-0.1, -0.05) is 90.4 Å². The van der Waals surface area contributed by atoms with E-state index in [1.165, 1.54) is 71.0 Å². The number of ether oxygens (including phenoxy) is 4. The summed E-state index contributed by atoms with van der Waals surface area (Å²) in [6.07, 6.45) is 21.1. The number of carboxylic acid groups (broad SMARTS) is 1. The topological polar surface area (TPSA) is 305 Å². The molecule has 0 saturated heterocycles. The quantitative estimate of drug-likeness (QED) is 0.0415. The molecule has 0 spiro atoms. The first-order valence-electron chi connectivity index (χ1n) is 26.5. The van der Waals surface area contributed by atoms with Crippen LogP contribution >= 0.6 is 0 Å². The number of unbranched alkanes of at least 4 members (excludes halogenated alkanes) is 13. The Morgan fingerprint density at radius 3 is 1.78 bits per heavy atom. The van der Waals surface area contributed by atoms with Crippen molar-refractivity contribution in [3.05, 3.63) is 18.2 Å². The molecule has 0 saturated carbocycles. The Morgan fingerprint density at radius 2 is 1.21 bits per heavy atom. The van der Waals surface area contributed by atoms with E-state index >= 15 is 0 Å². The number of aromatic amines is 1. The second-order valence-electron chi connectivity index (χ2n) is 18.6. The van der Waals surface area contributed by atoms with Crippen LogP contribution in [-0.2, 0) is 63.7 Å². The minimum atomic E-state index is -1.15. The van der Waals surface area contributed by atoms with Crippen molar-refractivity contribution < 1.29 is 70.4 Å². The number of rotatable bonds is 51. The molecular weight excluding hydrogens is 933 g/mol. The van der Waals surface area contributed by atoms with E-state index in [1.807, 2.05) is 0 Å². The zero-order chi connectivity index (χ0) is 53.0. The first-order valence-corrected chi connectivity index (χ1v) is 26.5. The zero-order valence-electron chi connectivity index (χ0n) is 43.5. The summed E-state index contributed by atoms with van der Waals surface area (Å²) < 4.78 is 21.6. The number of aliphatic hydroxyl groups excluding tert-OH is 1. The van der Waals surface area contributed by atoms with Gasteiger partial charge in [0.25, 0.3) is 0 Å². The number of aromatic nitrogens is 2. The normalized spacial score (nSPS) is 12.9. The van der Waals surface area contributed by atoms with Crippen LogP contribution in [0.3, 0.4) is 0 Å². The maximum absolute atomic E-state index is 13.1. The van der Waals surface area contributed by atoms with Gasteiger partial charge >= 0.3 is 5.97 Å². The highest BCUT2D eigenvalue weighted by Gasteiger charge is 2.28. The number of nitrogens with two attached hydrogens (primary N) is 1. The summed E-state index contributed by atoms with van der Waals surface area (Å²) in [4.78, 5) is 105. The Bertz CT molecular complexity index is 1660. The van der Waals surface area contributed by atoms with E-state index in [0.717, 1.165) is 25.7 Å². The van der Waals surface area contributed by atoms with Gasteiger partial charge in [-0.15, -0.1) is 0 Å². The molecule has 20 heteroatoms. The monoisotopic (exact) mass is 1030 g/mol. The fourth-order valence-corrected chi connectivity index (χ4v) is 7.77. The lowest BCUT2D eigenvalue weighted by Crippen LogP contribution is -2.41. The van der Waals surface area contributed by atoms with Crippen molar-refractivity contribution in [3.8, 4) is 0 Å². The molecule has 0 aliphatic carbocycles. The maximum atomic E-state index is 13.1. The van der Waals surface area contributed by atoms with Crippen molar-refractivity contribution in [2.75, 3.05) is 72.6 Å². The number of carboxylic acids is 1. The van der Waals surface area contributed by atoms with Crippen molar-refractivity contribution in [3.63, 3.8) is 0 Å². The number of nitrogens with zero attached hydrogens (tertiary/aromatic N) is 1. The van der Waals surface area contributed by atoms with Gasteiger partial charge in [0.15, 0.2) is 5.78 Å². The van der Waals surface area contributed by atoms with Crippen molar-refractivity contribution in [1.82, 2.24) is 25.9 Å². The van der Waals surface area contributed by atoms with E-state index < -0.39 is 36.5 Å². The Kier molecular flexibility index (Phi) is 40.1. The standard InChI is InChI=1S/C52H90N6O14.2H2/c1-3-4-5-6-7-8-9-10-11-12-13-14-15-21-49(64)58-46(52(67)68)23-22-44(61)20-18-26-69-28-30-71-38-51(66)56-25-27-70-29-31-72-37-50(65)55-24-17-16-19-41(47(62)33-42(36-59)40(2)60)32-48(63)45(53)34-43-35-54-39-57-43;;/h35,39,41-42,45-46,59H,3-34,36-38,53H2,1-2H3,(H,54,57)(H,55,65)(H,56,66)(H,58,64)(H,67,68);2*1H/t41-,42+,45+,46+;;/m1../s1. The Hall–Kier alpha value is -4.47. The van der Waals surface area contributed by atoms with E-state index in [-0.39, 0.29) is 141 Å². The molecule has 416 valence electrons. The molecule has 1 rings (SSSR count). The number of H-pyrrole nitrogens is 1. The second kappa shape index (κ2) is 44.1. The van der Waals surface area contributed by atoms with Crippen LogP contribution in [-0.4, -0.2) is 152 Å². The Labute approximate surface area is 430 Å². The summed E-state index contributed by atoms with van der Waals surface area (Å²) in [5, 5.41) is 27.1. The summed E-state index contributed by atoms with van der Waals surface area (Å²) in [5.74, 6) is -4.62. The van der Waals surface area contributed by atoms with Gasteiger partial charge < -0.3 is 55.8 Å². The van der Waals surface area contributed by atoms with Gasteiger partial charge in [0.1, 0.15) is 36.6 Å². The number of Topliss-reactive ketones (excluding diaryl/α,β-unsaturated/α-hetero) is 4. The summed E-state index contributed by atoms with van der Waals surface area (Å²) in [5.41, 5.74) is 6.79. The van der Waals surface area contributed by atoms with Crippen molar-refractivity contribution >= 4 is 46.8 Å². The third-order valence-corrected chi connectivity index (χ3v) is 12.2. The highest BCUT2D eigenvalue weighted by Crippen LogP contribution is 2.21. The molecule has 4 atom stereocenters. The van der Waals surface area contributed by atoms with Crippen LogP contribution in [0.25, 0.3) is 0 Å². The number of hydrogen-bond donors (Lipinski definition) is 7. The summed E-state index contributed by atoms with van der Waals surface area (Å²) >= 11 is 0. The number of aliphatic hydroxyl groups is 1. The van der Waals surface area contributed by atoms with Crippen molar-refractivity contribution in [1.29, 1.82) is 0 Å². The van der Waals surface area contributed by atoms with Gasteiger partial charge in [-0.05, 0) is 39.0 Å². The number of ketones is 4. The minimum absolute atomic E-state index is 0. The summed E-state index contributed by atoms with van der Waals surface area (Å²) in [7, 11) is 0. The van der Waals surface area contributed by atoms with Gasteiger partial charge in [-0.25, -0.2) is 9.78 Å². The van der Waals surface area contributed by atoms with Crippen LogP contribution in [0.5, 0.6) is 0 Å². The molecular formula is C52H94N6O14. The first kappa shape index (κ1) is 65.5. The van der Waals surface area contributed by atoms with E-state index in [0.29, 0.717) is 44.5 Å². The average Bonchev–Trinajstić information content (AvgIpc) is 3.87. The number of aliphatic carboxylic acids is 1. The Morgan fingerprint density at radius 1 is 0.639 bits per heavy atom. The van der Waals surface area contributed by atoms with Crippen molar-refractivity contribution in [2.24, 2.45) is 17.6 Å². The van der Waals surface area contributed by atoms with Gasteiger partial charge in [-0.3, -0.25) is 33.6 Å². The third kappa shape index (κ3) is 36.4. The molecule has 1 heterocycles. The smallest absolute Gasteiger partial charge is 0.326 e. The van der Waals surface area contributed by atoms with Crippen LogP contribution in [0, 0.1) is 11.8 Å². The molecule has 8 N–H and O–H groups in total. The molecule has 1 aromatic rings. The van der Waals surface area contributed by atoms with E-state index in [1.54, 1.807) is 6.20 Å².